The van der Waals surface area contributed by atoms with Gasteiger partial charge in [-0.05, 0) is 19.0 Å². The Morgan fingerprint density at radius 3 is 2.95 bits per heavy atom. The Balaban J connectivity index is 2.02. The molecule has 2 rings (SSSR count). The third-order valence-electron chi connectivity index (χ3n) is 3.31. The number of alkyl halides is 1. The van der Waals surface area contributed by atoms with Crippen molar-refractivity contribution in [2.75, 3.05) is 38.6 Å². The van der Waals surface area contributed by atoms with Crippen molar-refractivity contribution in [3.05, 3.63) is 24.0 Å². The lowest BCUT2D eigenvalue weighted by molar-refractivity contribution is 0.0758. The number of carbonyl (C=O) groups excluding carboxylic acids is 1. The van der Waals surface area contributed by atoms with Crippen LogP contribution in [0.5, 0.6) is 5.75 Å². The van der Waals surface area contributed by atoms with Gasteiger partial charge in [0.2, 0.25) is 0 Å². The largest absolute Gasteiger partial charge is 0.505 e. The van der Waals surface area contributed by atoms with E-state index in [1.165, 1.54) is 12.4 Å². The zero-order chi connectivity index (χ0) is 13.7. The molecular formula is C13H18ClN3O2. The average molecular weight is 284 g/mol. The van der Waals surface area contributed by atoms with E-state index in [1.54, 1.807) is 11.0 Å². The molecule has 1 aromatic heterocycles. The molecule has 1 aliphatic heterocycles. The number of amides is 1. The molecule has 1 saturated heterocycles. The molecule has 0 saturated carbocycles. The summed E-state index contributed by atoms with van der Waals surface area (Å²) in [5.74, 6) is 0.418. The van der Waals surface area contributed by atoms with E-state index in [4.69, 9.17) is 11.6 Å². The highest BCUT2D eigenvalue weighted by Crippen LogP contribution is 2.17. The van der Waals surface area contributed by atoms with Crippen molar-refractivity contribution in [1.29, 1.82) is 0 Å². The van der Waals surface area contributed by atoms with Crippen LogP contribution in [0.4, 0.5) is 0 Å². The number of carbonyl (C=O) groups is 1. The Labute approximate surface area is 117 Å². The molecule has 2 heterocycles. The molecule has 104 valence electrons. The van der Waals surface area contributed by atoms with E-state index in [9.17, 15) is 9.90 Å². The standard InChI is InChI=1S/C13H18ClN3O2/c14-3-7-16-5-1-6-17(9-8-16)13(19)11-2-4-15-10-12(11)18/h2,4,10,18H,1,3,5-9H2. The van der Waals surface area contributed by atoms with E-state index in [2.05, 4.69) is 9.88 Å². The van der Waals surface area contributed by atoms with Crippen molar-refractivity contribution in [3.8, 4) is 5.75 Å². The number of pyridine rings is 1. The first-order valence-corrected chi connectivity index (χ1v) is 6.96. The fraction of sp³-hybridized carbons (Fsp3) is 0.538. The fourth-order valence-electron chi connectivity index (χ4n) is 2.25. The van der Waals surface area contributed by atoms with Crippen LogP contribution in [0.3, 0.4) is 0 Å². The van der Waals surface area contributed by atoms with Crippen molar-refractivity contribution in [1.82, 2.24) is 14.8 Å². The number of nitrogens with zero attached hydrogens (tertiary/aromatic N) is 3. The molecule has 1 amide bonds. The van der Waals surface area contributed by atoms with Crippen LogP contribution in [0.25, 0.3) is 0 Å². The van der Waals surface area contributed by atoms with Crippen LogP contribution in [-0.4, -0.2) is 64.4 Å². The number of hydrogen-bond donors (Lipinski definition) is 1. The highest BCUT2D eigenvalue weighted by molar-refractivity contribution is 6.18. The molecule has 0 aromatic carbocycles. The Morgan fingerprint density at radius 1 is 1.37 bits per heavy atom. The van der Waals surface area contributed by atoms with Gasteiger partial charge in [0.15, 0.2) is 0 Å². The van der Waals surface area contributed by atoms with Gasteiger partial charge >= 0.3 is 0 Å². The van der Waals surface area contributed by atoms with Gasteiger partial charge in [-0.3, -0.25) is 9.78 Å². The van der Waals surface area contributed by atoms with E-state index in [0.29, 0.717) is 24.5 Å². The number of aromatic nitrogens is 1. The van der Waals surface area contributed by atoms with Gasteiger partial charge in [-0.2, -0.15) is 0 Å². The summed E-state index contributed by atoms with van der Waals surface area (Å²) in [7, 11) is 0. The van der Waals surface area contributed by atoms with Crippen LogP contribution in [0, 0.1) is 0 Å². The molecule has 0 unspecified atom stereocenters. The molecule has 19 heavy (non-hydrogen) atoms. The maximum Gasteiger partial charge on any atom is 0.257 e. The molecule has 5 nitrogen and oxygen atoms in total. The van der Waals surface area contributed by atoms with Gasteiger partial charge in [0, 0.05) is 38.3 Å². The zero-order valence-corrected chi connectivity index (χ0v) is 11.5. The topological polar surface area (TPSA) is 56.7 Å². The number of halogens is 1. The van der Waals surface area contributed by atoms with Gasteiger partial charge in [0.05, 0.1) is 11.8 Å². The summed E-state index contributed by atoms with van der Waals surface area (Å²) in [5.41, 5.74) is 0.320. The lowest BCUT2D eigenvalue weighted by Crippen LogP contribution is -2.35. The second-order valence-electron chi connectivity index (χ2n) is 4.57. The minimum Gasteiger partial charge on any atom is -0.505 e. The molecule has 1 aliphatic rings. The van der Waals surface area contributed by atoms with Gasteiger partial charge in [-0.25, -0.2) is 0 Å². The van der Waals surface area contributed by atoms with E-state index < -0.39 is 0 Å². The summed E-state index contributed by atoms with van der Waals surface area (Å²) in [6.45, 7) is 4.00. The van der Waals surface area contributed by atoms with Gasteiger partial charge in [-0.15, -0.1) is 11.6 Å². The summed E-state index contributed by atoms with van der Waals surface area (Å²) in [6, 6.07) is 1.55. The monoisotopic (exact) mass is 283 g/mol. The smallest absolute Gasteiger partial charge is 0.257 e. The van der Waals surface area contributed by atoms with Gasteiger partial charge < -0.3 is 14.9 Å². The summed E-state index contributed by atoms with van der Waals surface area (Å²) in [6.07, 6.45) is 3.74. The molecule has 0 spiro atoms. The minimum atomic E-state index is -0.132. The third kappa shape index (κ3) is 3.58. The minimum absolute atomic E-state index is 0.0608. The normalized spacial score (nSPS) is 17.2. The molecule has 0 radical (unpaired) electrons. The second-order valence-corrected chi connectivity index (χ2v) is 4.95. The van der Waals surface area contributed by atoms with Gasteiger partial charge in [-0.1, -0.05) is 0 Å². The third-order valence-corrected chi connectivity index (χ3v) is 3.48. The van der Waals surface area contributed by atoms with Crippen molar-refractivity contribution >= 4 is 17.5 Å². The Hall–Kier alpha value is -1.33. The first-order valence-electron chi connectivity index (χ1n) is 6.43. The van der Waals surface area contributed by atoms with Crippen molar-refractivity contribution in [3.63, 3.8) is 0 Å². The lowest BCUT2D eigenvalue weighted by Gasteiger charge is -2.21. The summed E-state index contributed by atoms with van der Waals surface area (Å²) >= 11 is 5.74. The van der Waals surface area contributed by atoms with Crippen LogP contribution in [0.2, 0.25) is 0 Å². The SMILES string of the molecule is O=C(c1ccncc1O)N1CCCN(CCCl)CC1. The van der Waals surface area contributed by atoms with E-state index in [1.807, 2.05) is 0 Å². The van der Waals surface area contributed by atoms with Gasteiger partial charge in [0.1, 0.15) is 5.75 Å². The van der Waals surface area contributed by atoms with Crippen LogP contribution < -0.4 is 0 Å². The molecule has 1 fully saturated rings. The molecule has 0 bridgehead atoms. The van der Waals surface area contributed by atoms with Gasteiger partial charge in [0.25, 0.3) is 5.91 Å². The molecule has 1 aromatic rings. The summed E-state index contributed by atoms with van der Waals surface area (Å²) in [5, 5.41) is 9.68. The highest BCUT2D eigenvalue weighted by Gasteiger charge is 2.21. The van der Waals surface area contributed by atoms with Crippen molar-refractivity contribution in [2.45, 2.75) is 6.42 Å². The summed E-state index contributed by atoms with van der Waals surface area (Å²) in [4.78, 5) is 20.2. The quantitative estimate of drug-likeness (QED) is 0.846. The average Bonchev–Trinajstić information content (AvgIpc) is 2.65. The second kappa shape index (κ2) is 6.73. The van der Waals surface area contributed by atoms with E-state index >= 15 is 0 Å². The van der Waals surface area contributed by atoms with Crippen molar-refractivity contribution < 1.29 is 9.90 Å². The Bertz CT molecular complexity index is 442. The van der Waals surface area contributed by atoms with Crippen LogP contribution in [0.1, 0.15) is 16.8 Å². The predicted octanol–water partition coefficient (Wildman–Crippen LogP) is 1.17. The molecule has 6 heteroatoms. The molecular weight excluding hydrogens is 266 g/mol. The predicted molar refractivity (Wildman–Crippen MR) is 73.6 cm³/mol. The van der Waals surface area contributed by atoms with Crippen LogP contribution in [0.15, 0.2) is 18.5 Å². The van der Waals surface area contributed by atoms with E-state index in [0.717, 1.165) is 26.1 Å². The zero-order valence-electron chi connectivity index (χ0n) is 10.8. The first kappa shape index (κ1) is 14.1. The first-order chi connectivity index (χ1) is 9.22. The summed E-state index contributed by atoms with van der Waals surface area (Å²) < 4.78 is 0. The Kier molecular flexibility index (Phi) is 4.99. The lowest BCUT2D eigenvalue weighted by atomic mass is 10.2. The van der Waals surface area contributed by atoms with E-state index in [-0.39, 0.29) is 11.7 Å². The van der Waals surface area contributed by atoms with Crippen LogP contribution in [-0.2, 0) is 0 Å². The molecule has 0 aliphatic carbocycles. The molecule has 1 N–H and O–H groups in total. The number of hydrogen-bond acceptors (Lipinski definition) is 4. The molecule has 0 atom stereocenters. The Morgan fingerprint density at radius 2 is 2.21 bits per heavy atom. The highest BCUT2D eigenvalue weighted by atomic mass is 35.5. The maximum absolute atomic E-state index is 12.3. The number of rotatable bonds is 3. The van der Waals surface area contributed by atoms with Crippen molar-refractivity contribution in [2.24, 2.45) is 0 Å². The maximum atomic E-state index is 12.3. The number of aromatic hydroxyl groups is 1. The van der Waals surface area contributed by atoms with Crippen LogP contribution >= 0.6 is 11.6 Å². The fourth-order valence-corrected chi connectivity index (χ4v) is 2.49.